The van der Waals surface area contributed by atoms with Crippen LogP contribution in [0.3, 0.4) is 0 Å². The highest BCUT2D eigenvalue weighted by molar-refractivity contribution is 5.82. The molecule has 1 aliphatic heterocycles. The van der Waals surface area contributed by atoms with Gasteiger partial charge in [-0.1, -0.05) is 0 Å². The maximum atomic E-state index is 13.3. The van der Waals surface area contributed by atoms with Crippen LogP contribution in [0.5, 0.6) is 5.75 Å². The normalized spacial score (nSPS) is 21.2. The summed E-state index contributed by atoms with van der Waals surface area (Å²) >= 11 is 0. The van der Waals surface area contributed by atoms with Crippen molar-refractivity contribution in [3.63, 3.8) is 0 Å². The van der Waals surface area contributed by atoms with Crippen molar-refractivity contribution >= 4 is 12.0 Å². The molecule has 21 heavy (non-hydrogen) atoms. The highest BCUT2D eigenvalue weighted by atomic mass is 19.3. The van der Waals surface area contributed by atoms with Crippen LogP contribution >= 0.6 is 0 Å². The Morgan fingerprint density at radius 2 is 1.95 bits per heavy atom. The monoisotopic (exact) mass is 295 g/mol. The van der Waals surface area contributed by atoms with E-state index in [-0.39, 0.29) is 12.8 Å². The summed E-state index contributed by atoms with van der Waals surface area (Å²) in [5.41, 5.74) is 2.59. The first kappa shape index (κ1) is 14.3. The van der Waals surface area contributed by atoms with Crippen LogP contribution in [-0.2, 0) is 0 Å². The predicted molar refractivity (Wildman–Crippen MR) is 76.8 cm³/mol. The van der Waals surface area contributed by atoms with Crippen LogP contribution in [0.2, 0.25) is 0 Å². The number of aldehydes is 1. The van der Waals surface area contributed by atoms with Gasteiger partial charge in [-0.15, -0.1) is 0 Å². The molecule has 3 nitrogen and oxygen atoms in total. The van der Waals surface area contributed by atoms with Gasteiger partial charge in [0.25, 0.3) is 5.92 Å². The SMILES string of the molecule is COc1cc(N2CCC(F)(F)CC2)c(C2CC2)cc1C=O. The first-order chi connectivity index (χ1) is 10.0. The molecule has 5 heteroatoms. The fourth-order valence-corrected chi connectivity index (χ4v) is 2.94. The maximum absolute atomic E-state index is 13.3. The Morgan fingerprint density at radius 1 is 1.29 bits per heavy atom. The van der Waals surface area contributed by atoms with E-state index in [0.29, 0.717) is 30.3 Å². The summed E-state index contributed by atoms with van der Waals surface area (Å²) in [6, 6.07) is 3.70. The van der Waals surface area contributed by atoms with Gasteiger partial charge in [0, 0.05) is 37.7 Å². The molecular formula is C16H19F2NO2. The van der Waals surface area contributed by atoms with Gasteiger partial charge < -0.3 is 9.64 Å². The van der Waals surface area contributed by atoms with Crippen molar-refractivity contribution in [3.8, 4) is 5.75 Å². The van der Waals surface area contributed by atoms with Gasteiger partial charge in [0.2, 0.25) is 0 Å². The number of methoxy groups -OCH3 is 1. The van der Waals surface area contributed by atoms with E-state index in [4.69, 9.17) is 4.74 Å². The fourth-order valence-electron chi connectivity index (χ4n) is 2.94. The van der Waals surface area contributed by atoms with Crippen LogP contribution in [0.1, 0.15) is 47.5 Å². The summed E-state index contributed by atoms with van der Waals surface area (Å²) in [6.07, 6.45) is 2.76. The molecule has 0 radical (unpaired) electrons. The first-order valence-corrected chi connectivity index (χ1v) is 7.34. The van der Waals surface area contributed by atoms with E-state index in [1.165, 1.54) is 7.11 Å². The Labute approximate surface area is 122 Å². The lowest BCUT2D eigenvalue weighted by atomic mass is 10.00. The van der Waals surface area contributed by atoms with E-state index in [1.54, 1.807) is 0 Å². The zero-order valence-electron chi connectivity index (χ0n) is 12.1. The van der Waals surface area contributed by atoms with Crippen molar-refractivity contribution in [2.24, 2.45) is 0 Å². The van der Waals surface area contributed by atoms with Gasteiger partial charge in [0.05, 0.1) is 12.7 Å². The topological polar surface area (TPSA) is 29.5 Å². The molecule has 0 amide bonds. The summed E-state index contributed by atoms with van der Waals surface area (Å²) < 4.78 is 31.9. The van der Waals surface area contributed by atoms with E-state index in [0.717, 1.165) is 30.4 Å². The Morgan fingerprint density at radius 3 is 2.48 bits per heavy atom. The summed E-state index contributed by atoms with van der Waals surface area (Å²) in [5, 5.41) is 0. The quantitative estimate of drug-likeness (QED) is 0.795. The molecule has 0 spiro atoms. The molecule has 1 heterocycles. The lowest BCUT2D eigenvalue weighted by molar-refractivity contribution is -0.0220. The highest BCUT2D eigenvalue weighted by Crippen LogP contribution is 2.47. The lowest BCUT2D eigenvalue weighted by Crippen LogP contribution is -2.39. The van der Waals surface area contributed by atoms with Gasteiger partial charge in [-0.3, -0.25) is 4.79 Å². The average molecular weight is 295 g/mol. The number of piperidine rings is 1. The zero-order chi connectivity index (χ0) is 15.0. The Bertz CT molecular complexity index is 545. The van der Waals surface area contributed by atoms with E-state index < -0.39 is 5.92 Å². The number of hydrogen-bond donors (Lipinski definition) is 0. The van der Waals surface area contributed by atoms with Crippen LogP contribution in [0.4, 0.5) is 14.5 Å². The molecule has 0 N–H and O–H groups in total. The highest BCUT2D eigenvalue weighted by Gasteiger charge is 2.36. The third-order valence-corrected chi connectivity index (χ3v) is 4.36. The molecule has 1 saturated carbocycles. The van der Waals surface area contributed by atoms with Gasteiger partial charge in [0.15, 0.2) is 6.29 Å². The average Bonchev–Trinajstić information content (AvgIpc) is 3.30. The zero-order valence-corrected chi connectivity index (χ0v) is 12.1. The van der Waals surface area contributed by atoms with Crippen LogP contribution in [0.25, 0.3) is 0 Å². The van der Waals surface area contributed by atoms with Gasteiger partial charge in [-0.25, -0.2) is 8.78 Å². The number of carbonyl (C=O) groups excluding carboxylic acids is 1. The number of ether oxygens (including phenoxy) is 1. The third kappa shape index (κ3) is 2.87. The molecule has 1 aliphatic carbocycles. The molecule has 1 saturated heterocycles. The molecule has 0 aromatic heterocycles. The maximum Gasteiger partial charge on any atom is 0.251 e. The van der Waals surface area contributed by atoms with Gasteiger partial charge in [-0.2, -0.15) is 0 Å². The van der Waals surface area contributed by atoms with Crippen molar-refractivity contribution in [1.82, 2.24) is 0 Å². The lowest BCUT2D eigenvalue weighted by Gasteiger charge is -2.35. The van der Waals surface area contributed by atoms with Crippen molar-refractivity contribution < 1.29 is 18.3 Å². The number of nitrogens with zero attached hydrogens (tertiary/aromatic N) is 1. The van der Waals surface area contributed by atoms with Crippen LogP contribution in [0, 0.1) is 0 Å². The first-order valence-electron chi connectivity index (χ1n) is 7.34. The van der Waals surface area contributed by atoms with E-state index in [1.807, 2.05) is 17.0 Å². The summed E-state index contributed by atoms with van der Waals surface area (Å²) in [7, 11) is 1.52. The number of hydrogen-bond acceptors (Lipinski definition) is 3. The number of anilines is 1. The molecule has 2 aliphatic rings. The van der Waals surface area contributed by atoms with Crippen molar-refractivity contribution in [1.29, 1.82) is 0 Å². The number of carbonyl (C=O) groups is 1. The number of rotatable bonds is 4. The minimum Gasteiger partial charge on any atom is -0.496 e. The summed E-state index contributed by atoms with van der Waals surface area (Å²) in [5.74, 6) is -1.59. The molecule has 114 valence electrons. The largest absolute Gasteiger partial charge is 0.496 e. The molecule has 0 unspecified atom stereocenters. The molecule has 1 aromatic carbocycles. The van der Waals surface area contributed by atoms with Crippen LogP contribution in [-0.4, -0.2) is 32.4 Å². The van der Waals surface area contributed by atoms with E-state index in [2.05, 4.69) is 0 Å². The Kier molecular flexibility index (Phi) is 3.59. The van der Waals surface area contributed by atoms with Gasteiger partial charge in [0.1, 0.15) is 5.75 Å². The number of halogens is 2. The minimum atomic E-state index is -2.55. The summed E-state index contributed by atoms with van der Waals surface area (Å²) in [4.78, 5) is 13.2. The second-order valence-corrected chi connectivity index (χ2v) is 5.89. The molecule has 0 atom stereocenters. The molecular weight excluding hydrogens is 276 g/mol. The summed E-state index contributed by atoms with van der Waals surface area (Å²) in [6.45, 7) is 0.687. The third-order valence-electron chi connectivity index (χ3n) is 4.36. The second-order valence-electron chi connectivity index (χ2n) is 5.89. The molecule has 3 rings (SSSR count). The van der Waals surface area contributed by atoms with E-state index in [9.17, 15) is 13.6 Å². The van der Waals surface area contributed by atoms with Crippen LogP contribution in [0.15, 0.2) is 12.1 Å². The Hall–Kier alpha value is -1.65. The molecule has 0 bridgehead atoms. The molecule has 1 aromatic rings. The second kappa shape index (κ2) is 5.28. The number of benzene rings is 1. The van der Waals surface area contributed by atoms with Crippen LogP contribution < -0.4 is 9.64 Å². The van der Waals surface area contributed by atoms with Crippen molar-refractivity contribution in [3.05, 3.63) is 23.3 Å². The smallest absolute Gasteiger partial charge is 0.251 e. The van der Waals surface area contributed by atoms with Gasteiger partial charge >= 0.3 is 0 Å². The Balaban J connectivity index is 1.94. The van der Waals surface area contributed by atoms with Crippen molar-refractivity contribution in [2.45, 2.75) is 37.5 Å². The predicted octanol–water partition coefficient (Wildman–Crippen LogP) is 3.62. The van der Waals surface area contributed by atoms with E-state index >= 15 is 0 Å². The minimum absolute atomic E-state index is 0.116. The van der Waals surface area contributed by atoms with Crippen molar-refractivity contribution in [2.75, 3.05) is 25.1 Å². The standard InChI is InChI=1S/C16H19F2NO2/c1-21-15-9-14(19-6-4-16(17,18)5-7-19)13(11-2-3-11)8-12(15)10-20/h8-11H,2-7H2,1H3. The number of alkyl halides is 2. The molecule has 2 fully saturated rings. The van der Waals surface area contributed by atoms with Gasteiger partial charge in [-0.05, 0) is 30.4 Å². The fraction of sp³-hybridized carbons (Fsp3) is 0.562.